The number of piperidine rings is 1. The highest BCUT2D eigenvalue weighted by atomic mass is 16.5. The van der Waals surface area contributed by atoms with Crippen molar-refractivity contribution in [3.8, 4) is 17.0 Å². The standard InChI is InChI=1S/C28H32N4O2/c1-4-23(20-13-15-22(34-3)16-14-20)24-19(2)29-27-26(31-17-9-6-10-18-31)25(30-32(27)28(24)33)21-11-7-5-8-12-21/h5,7-8,11-16,23,30H,4,6,9-10,17-18H2,1-3H3/t23-/m1/s1. The Morgan fingerprint density at radius 3 is 2.38 bits per heavy atom. The molecular weight excluding hydrogens is 424 g/mol. The summed E-state index contributed by atoms with van der Waals surface area (Å²) in [5, 5.41) is 3.44. The number of aryl methyl sites for hydroxylation is 1. The smallest absolute Gasteiger partial charge is 0.276 e. The van der Waals surface area contributed by atoms with Gasteiger partial charge in [-0.15, -0.1) is 0 Å². The fourth-order valence-electron chi connectivity index (χ4n) is 5.25. The molecule has 176 valence electrons. The molecule has 2 aromatic carbocycles. The van der Waals surface area contributed by atoms with Gasteiger partial charge >= 0.3 is 0 Å². The molecule has 1 aliphatic rings. The molecule has 0 saturated carbocycles. The molecule has 6 nitrogen and oxygen atoms in total. The fourth-order valence-corrected chi connectivity index (χ4v) is 5.25. The summed E-state index contributed by atoms with van der Waals surface area (Å²) < 4.78 is 6.99. The van der Waals surface area contributed by atoms with E-state index in [-0.39, 0.29) is 11.5 Å². The van der Waals surface area contributed by atoms with E-state index in [9.17, 15) is 4.79 Å². The maximum atomic E-state index is 14.0. The molecule has 1 aliphatic heterocycles. The SMILES string of the molecule is CC[C@H](c1ccc(OC)cc1)c1c(C)nc2c(N3CCCCC3)c(-c3ccccc3)[nH]n2c1=O. The molecule has 0 aliphatic carbocycles. The molecule has 0 amide bonds. The van der Waals surface area contributed by atoms with Gasteiger partial charge in [-0.05, 0) is 50.3 Å². The van der Waals surface area contributed by atoms with Crippen LogP contribution in [-0.4, -0.2) is 34.8 Å². The first kappa shape index (κ1) is 22.3. The zero-order valence-corrected chi connectivity index (χ0v) is 20.2. The number of ether oxygens (including phenoxy) is 1. The van der Waals surface area contributed by atoms with Crippen LogP contribution in [0.2, 0.25) is 0 Å². The van der Waals surface area contributed by atoms with E-state index in [0.717, 1.165) is 77.5 Å². The normalized spacial score (nSPS) is 15.0. The zero-order chi connectivity index (χ0) is 23.7. The number of hydrogen-bond donors (Lipinski definition) is 1. The number of rotatable bonds is 6. The molecule has 5 rings (SSSR count). The zero-order valence-electron chi connectivity index (χ0n) is 20.2. The number of benzene rings is 2. The van der Waals surface area contributed by atoms with Crippen molar-refractivity contribution in [2.75, 3.05) is 25.1 Å². The summed E-state index contributed by atoms with van der Waals surface area (Å²) in [5.74, 6) is 0.772. The van der Waals surface area contributed by atoms with E-state index >= 15 is 0 Å². The van der Waals surface area contributed by atoms with E-state index in [4.69, 9.17) is 9.72 Å². The van der Waals surface area contributed by atoms with Crippen molar-refractivity contribution >= 4 is 11.3 Å². The van der Waals surface area contributed by atoms with Crippen LogP contribution in [0.5, 0.6) is 5.75 Å². The lowest BCUT2D eigenvalue weighted by molar-refractivity contribution is 0.414. The Kier molecular flexibility index (Phi) is 6.14. The molecule has 0 bridgehead atoms. The molecule has 0 spiro atoms. The van der Waals surface area contributed by atoms with Crippen LogP contribution in [0.4, 0.5) is 5.69 Å². The van der Waals surface area contributed by atoms with Gasteiger partial charge in [-0.25, -0.2) is 4.98 Å². The molecule has 4 aromatic rings. The van der Waals surface area contributed by atoms with Gasteiger partial charge in [0.1, 0.15) is 11.4 Å². The summed E-state index contributed by atoms with van der Waals surface area (Å²) in [7, 11) is 1.66. The maximum absolute atomic E-state index is 14.0. The first-order valence-corrected chi connectivity index (χ1v) is 12.2. The number of fused-ring (bicyclic) bond motifs is 1. The van der Waals surface area contributed by atoms with Gasteiger partial charge in [-0.1, -0.05) is 49.4 Å². The van der Waals surface area contributed by atoms with Crippen LogP contribution >= 0.6 is 0 Å². The van der Waals surface area contributed by atoms with Crippen LogP contribution in [0, 0.1) is 6.92 Å². The molecule has 0 unspecified atom stereocenters. The highest BCUT2D eigenvalue weighted by Crippen LogP contribution is 2.36. The van der Waals surface area contributed by atoms with Gasteiger partial charge in [-0.3, -0.25) is 9.89 Å². The van der Waals surface area contributed by atoms with Gasteiger partial charge in [-0.2, -0.15) is 4.52 Å². The summed E-state index contributed by atoms with van der Waals surface area (Å²) in [6.07, 6.45) is 4.36. The second kappa shape index (κ2) is 9.37. The predicted octanol–water partition coefficient (Wildman–Crippen LogP) is 5.54. The van der Waals surface area contributed by atoms with Crippen LogP contribution in [-0.2, 0) is 0 Å². The Labute approximate surface area is 200 Å². The van der Waals surface area contributed by atoms with E-state index < -0.39 is 0 Å². The molecule has 0 radical (unpaired) electrons. The molecule has 1 N–H and O–H groups in total. The van der Waals surface area contributed by atoms with Crippen molar-refractivity contribution in [3.05, 3.63) is 81.8 Å². The molecule has 6 heteroatoms. The quantitative estimate of drug-likeness (QED) is 0.414. The lowest BCUT2D eigenvalue weighted by atomic mass is 9.89. The van der Waals surface area contributed by atoms with Crippen LogP contribution in [0.3, 0.4) is 0 Å². The van der Waals surface area contributed by atoms with Crippen LogP contribution < -0.4 is 15.2 Å². The average molecular weight is 457 g/mol. The van der Waals surface area contributed by atoms with Gasteiger partial charge < -0.3 is 9.64 Å². The predicted molar refractivity (Wildman–Crippen MR) is 137 cm³/mol. The summed E-state index contributed by atoms with van der Waals surface area (Å²) in [6, 6.07) is 18.2. The van der Waals surface area contributed by atoms with Gasteiger partial charge in [0, 0.05) is 35.8 Å². The Hall–Kier alpha value is -3.54. The Bertz CT molecular complexity index is 1330. The first-order valence-electron chi connectivity index (χ1n) is 12.2. The first-order chi connectivity index (χ1) is 16.6. The number of anilines is 1. The van der Waals surface area contributed by atoms with E-state index in [1.165, 1.54) is 6.42 Å². The van der Waals surface area contributed by atoms with E-state index in [0.29, 0.717) is 0 Å². The fraction of sp³-hybridized carbons (Fsp3) is 0.357. The van der Waals surface area contributed by atoms with Crippen molar-refractivity contribution in [1.29, 1.82) is 0 Å². The summed E-state index contributed by atoms with van der Waals surface area (Å²) >= 11 is 0. The van der Waals surface area contributed by atoms with Crippen molar-refractivity contribution in [3.63, 3.8) is 0 Å². The van der Waals surface area contributed by atoms with Crippen molar-refractivity contribution in [2.24, 2.45) is 0 Å². The Morgan fingerprint density at radius 1 is 1.03 bits per heavy atom. The minimum Gasteiger partial charge on any atom is -0.497 e. The number of nitrogens with one attached hydrogen (secondary N) is 1. The third kappa shape index (κ3) is 3.87. The highest BCUT2D eigenvalue weighted by Gasteiger charge is 2.27. The highest BCUT2D eigenvalue weighted by molar-refractivity contribution is 5.86. The monoisotopic (exact) mass is 456 g/mol. The molecule has 1 saturated heterocycles. The molecule has 1 atom stereocenters. The summed E-state index contributed by atoms with van der Waals surface area (Å²) in [6.45, 7) is 6.05. The lowest BCUT2D eigenvalue weighted by Crippen LogP contribution is -2.30. The van der Waals surface area contributed by atoms with Gasteiger partial charge in [0.05, 0.1) is 12.8 Å². The largest absolute Gasteiger partial charge is 0.497 e. The average Bonchev–Trinajstić information content (AvgIpc) is 3.27. The molecule has 2 aromatic heterocycles. The third-order valence-electron chi connectivity index (χ3n) is 6.99. The van der Waals surface area contributed by atoms with Crippen molar-refractivity contribution in [2.45, 2.75) is 45.4 Å². The Balaban J connectivity index is 1.71. The van der Waals surface area contributed by atoms with E-state index in [1.54, 1.807) is 11.6 Å². The molecule has 3 heterocycles. The number of hydrogen-bond acceptors (Lipinski definition) is 4. The van der Waals surface area contributed by atoms with E-state index in [2.05, 4.69) is 29.1 Å². The molecular formula is C28H32N4O2. The van der Waals surface area contributed by atoms with Gasteiger partial charge in [0.15, 0.2) is 5.65 Å². The number of methoxy groups -OCH3 is 1. The topological polar surface area (TPSA) is 62.6 Å². The van der Waals surface area contributed by atoms with Crippen LogP contribution in [0.15, 0.2) is 59.4 Å². The summed E-state index contributed by atoms with van der Waals surface area (Å²) in [5.41, 5.74) is 6.39. The van der Waals surface area contributed by atoms with Crippen molar-refractivity contribution < 1.29 is 4.74 Å². The van der Waals surface area contributed by atoms with Gasteiger partial charge in [0.2, 0.25) is 0 Å². The molecule has 34 heavy (non-hydrogen) atoms. The molecule has 1 fully saturated rings. The van der Waals surface area contributed by atoms with Crippen LogP contribution in [0.1, 0.15) is 55.3 Å². The number of H-pyrrole nitrogens is 1. The lowest BCUT2D eigenvalue weighted by Gasteiger charge is -2.28. The van der Waals surface area contributed by atoms with Crippen molar-refractivity contribution in [1.82, 2.24) is 14.6 Å². The third-order valence-corrected chi connectivity index (χ3v) is 6.99. The van der Waals surface area contributed by atoms with Crippen LogP contribution in [0.25, 0.3) is 16.9 Å². The second-order valence-electron chi connectivity index (χ2n) is 9.06. The summed E-state index contributed by atoms with van der Waals surface area (Å²) in [4.78, 5) is 21.4. The minimum atomic E-state index is -0.0373. The minimum absolute atomic E-state index is 0.0226. The second-order valence-corrected chi connectivity index (χ2v) is 9.06. The number of aromatic amines is 1. The Morgan fingerprint density at radius 2 is 1.74 bits per heavy atom. The number of aromatic nitrogens is 3. The maximum Gasteiger partial charge on any atom is 0.276 e. The number of nitrogens with zero attached hydrogens (tertiary/aromatic N) is 3. The van der Waals surface area contributed by atoms with Gasteiger partial charge in [0.25, 0.3) is 5.56 Å². The van der Waals surface area contributed by atoms with E-state index in [1.807, 2.05) is 49.4 Å².